The van der Waals surface area contributed by atoms with Crippen molar-refractivity contribution >= 4 is 34.4 Å². The van der Waals surface area contributed by atoms with Crippen LogP contribution in [-0.2, 0) is 25.4 Å². The monoisotopic (exact) mass is 373 g/mol. The van der Waals surface area contributed by atoms with Gasteiger partial charge in [0.25, 0.3) is 17.1 Å². The number of amides is 1. The van der Waals surface area contributed by atoms with E-state index in [1.54, 1.807) is 6.07 Å². The Morgan fingerprint density at radius 1 is 1.35 bits per heavy atom. The molecule has 1 amide bonds. The van der Waals surface area contributed by atoms with Crippen LogP contribution in [0.4, 0.5) is 5.69 Å². The molecule has 0 radical (unpaired) electrons. The second-order valence-corrected chi connectivity index (χ2v) is 6.07. The molecule has 2 aromatic heterocycles. The lowest BCUT2D eigenvalue weighted by Crippen LogP contribution is -2.46. The molecule has 26 heavy (non-hydrogen) atoms. The number of aromatic nitrogens is 4. The van der Waals surface area contributed by atoms with Crippen molar-refractivity contribution in [2.24, 2.45) is 14.1 Å². The number of anilines is 1. The molecule has 1 aromatic carbocycles. The summed E-state index contributed by atoms with van der Waals surface area (Å²) < 4.78 is 3.70. The highest BCUT2D eigenvalue weighted by molar-refractivity contribution is 6.32. The van der Waals surface area contributed by atoms with E-state index in [0.717, 1.165) is 4.57 Å². The molecule has 0 fully saturated rings. The van der Waals surface area contributed by atoms with Gasteiger partial charge in [-0.15, -0.1) is 0 Å². The molecule has 0 unspecified atom stereocenters. The number of nitrogens with zero attached hydrogens (tertiary/aromatic N) is 4. The van der Waals surface area contributed by atoms with Crippen LogP contribution in [0.1, 0.15) is 5.56 Å². The molecule has 0 bridgehead atoms. The lowest BCUT2D eigenvalue weighted by atomic mass is 10.2. The molecule has 3 aromatic rings. The van der Waals surface area contributed by atoms with E-state index in [4.69, 9.17) is 16.9 Å². The number of rotatable bonds is 3. The lowest BCUT2D eigenvalue weighted by molar-refractivity contribution is -0.658. The first kappa shape index (κ1) is 17.4. The Kier molecular flexibility index (Phi) is 4.36. The van der Waals surface area contributed by atoms with Gasteiger partial charge in [0.1, 0.15) is 6.07 Å². The number of nitrogens with one attached hydrogen (secondary N) is 2. The number of halogens is 1. The summed E-state index contributed by atoms with van der Waals surface area (Å²) in [6, 6.07) is 6.47. The number of imidazole rings is 1. The van der Waals surface area contributed by atoms with E-state index in [1.807, 2.05) is 6.07 Å². The predicted octanol–water partition coefficient (Wildman–Crippen LogP) is 0.0166. The number of nitriles is 1. The molecule has 2 N–H and O–H groups in total. The maximum atomic E-state index is 12.4. The van der Waals surface area contributed by atoms with Gasteiger partial charge in [0.2, 0.25) is 6.33 Å². The van der Waals surface area contributed by atoms with Gasteiger partial charge in [-0.3, -0.25) is 18.7 Å². The van der Waals surface area contributed by atoms with Crippen LogP contribution < -0.4 is 21.1 Å². The standard InChI is InChI=1S/C16H13ClN6O3/c1-21-14-13(15(25)22(2)16(21)26)23(8-19-14)7-12(24)20-10-4-3-9(6-18)11(17)5-10/h3-5,8H,7H2,1-2H3,(H,20,24)/p+1. The van der Waals surface area contributed by atoms with E-state index in [9.17, 15) is 14.4 Å². The Hall–Kier alpha value is -3.38. The Labute approximate surface area is 151 Å². The molecule has 0 saturated heterocycles. The van der Waals surface area contributed by atoms with Crippen LogP contribution in [0, 0.1) is 11.3 Å². The van der Waals surface area contributed by atoms with Gasteiger partial charge in [-0.25, -0.2) is 14.3 Å². The van der Waals surface area contributed by atoms with Crippen LogP contribution in [0.3, 0.4) is 0 Å². The first-order valence-electron chi connectivity index (χ1n) is 7.49. The van der Waals surface area contributed by atoms with Crippen LogP contribution in [-0.4, -0.2) is 20.0 Å². The van der Waals surface area contributed by atoms with Crippen molar-refractivity contribution in [2.75, 3.05) is 5.32 Å². The quantitative estimate of drug-likeness (QED) is 0.629. The third kappa shape index (κ3) is 2.87. The molecular weight excluding hydrogens is 360 g/mol. The number of aryl methyl sites for hydroxylation is 1. The third-order valence-electron chi connectivity index (χ3n) is 3.97. The minimum atomic E-state index is -0.501. The highest BCUT2D eigenvalue weighted by Crippen LogP contribution is 2.20. The first-order valence-corrected chi connectivity index (χ1v) is 7.87. The normalized spacial score (nSPS) is 10.7. The summed E-state index contributed by atoms with van der Waals surface area (Å²) in [5.74, 6) is -0.396. The van der Waals surface area contributed by atoms with Gasteiger partial charge in [0.15, 0.2) is 6.54 Å². The molecule has 0 aliphatic rings. The molecule has 0 spiro atoms. The molecule has 0 atom stereocenters. The largest absolute Gasteiger partial charge is 0.333 e. The van der Waals surface area contributed by atoms with E-state index < -0.39 is 17.2 Å². The first-order chi connectivity index (χ1) is 12.3. The smallest absolute Gasteiger partial charge is 0.323 e. The minimum Gasteiger partial charge on any atom is -0.323 e. The van der Waals surface area contributed by atoms with Gasteiger partial charge in [0, 0.05) is 19.8 Å². The molecule has 3 rings (SSSR count). The summed E-state index contributed by atoms with van der Waals surface area (Å²) in [7, 11) is 2.91. The average molecular weight is 374 g/mol. The fourth-order valence-electron chi connectivity index (χ4n) is 2.62. The van der Waals surface area contributed by atoms with Crippen LogP contribution in [0.25, 0.3) is 11.2 Å². The number of carbonyl (C=O) groups is 1. The van der Waals surface area contributed by atoms with Crippen molar-refractivity contribution in [1.82, 2.24) is 14.1 Å². The average Bonchev–Trinajstić information content (AvgIpc) is 3.01. The second-order valence-electron chi connectivity index (χ2n) is 5.66. The molecule has 0 saturated carbocycles. The highest BCUT2D eigenvalue weighted by atomic mass is 35.5. The van der Waals surface area contributed by atoms with E-state index in [0.29, 0.717) is 16.9 Å². The number of carbonyl (C=O) groups excluding carboxylic acids is 1. The zero-order chi connectivity index (χ0) is 19.0. The molecule has 10 heteroatoms. The van der Waals surface area contributed by atoms with Crippen LogP contribution >= 0.6 is 11.6 Å². The summed E-state index contributed by atoms with van der Waals surface area (Å²) >= 11 is 5.94. The van der Waals surface area contributed by atoms with Crippen LogP contribution in [0.2, 0.25) is 5.02 Å². The van der Waals surface area contributed by atoms with Crippen LogP contribution in [0.5, 0.6) is 0 Å². The second kappa shape index (κ2) is 6.50. The number of hydrogen-bond acceptors (Lipinski definition) is 4. The summed E-state index contributed by atoms with van der Waals surface area (Å²) in [6.07, 6.45) is 1.46. The lowest BCUT2D eigenvalue weighted by Gasteiger charge is -2.05. The van der Waals surface area contributed by atoms with Gasteiger partial charge >= 0.3 is 11.2 Å². The number of aromatic amines is 1. The number of hydrogen-bond donors (Lipinski definition) is 2. The Morgan fingerprint density at radius 2 is 2.08 bits per heavy atom. The molecule has 0 aliphatic carbocycles. The SMILES string of the molecule is Cn1c(=O)c2c([nH]c[n+]2CC(=O)Nc2ccc(C#N)c(Cl)c2)n(C)c1=O. The Bertz CT molecular complexity index is 1200. The third-order valence-corrected chi connectivity index (χ3v) is 4.29. The zero-order valence-corrected chi connectivity index (χ0v) is 14.7. The summed E-state index contributed by atoms with van der Waals surface area (Å²) in [5.41, 5.74) is 0.307. The summed E-state index contributed by atoms with van der Waals surface area (Å²) in [6.45, 7) is -0.148. The molecule has 132 valence electrons. The van der Waals surface area contributed by atoms with Crippen molar-refractivity contribution < 1.29 is 9.36 Å². The van der Waals surface area contributed by atoms with Crippen molar-refractivity contribution in [3.63, 3.8) is 0 Å². The van der Waals surface area contributed by atoms with Crippen molar-refractivity contribution in [1.29, 1.82) is 5.26 Å². The number of benzene rings is 1. The molecular formula is C16H14ClN6O3+. The molecule has 2 heterocycles. The Balaban J connectivity index is 1.91. The fraction of sp³-hybridized carbons (Fsp3) is 0.188. The zero-order valence-electron chi connectivity index (χ0n) is 13.9. The van der Waals surface area contributed by atoms with E-state index in [1.165, 1.54) is 41.7 Å². The van der Waals surface area contributed by atoms with Gasteiger partial charge in [-0.1, -0.05) is 11.6 Å². The molecule has 0 aliphatic heterocycles. The van der Waals surface area contributed by atoms with E-state index in [-0.39, 0.29) is 17.1 Å². The van der Waals surface area contributed by atoms with Gasteiger partial charge in [0.05, 0.1) is 10.6 Å². The maximum Gasteiger partial charge on any atom is 0.333 e. The summed E-state index contributed by atoms with van der Waals surface area (Å²) in [4.78, 5) is 39.4. The summed E-state index contributed by atoms with van der Waals surface area (Å²) in [5, 5.41) is 11.8. The van der Waals surface area contributed by atoms with Gasteiger partial charge in [-0.2, -0.15) is 5.26 Å². The maximum absolute atomic E-state index is 12.4. The number of H-pyrrole nitrogens is 1. The highest BCUT2D eigenvalue weighted by Gasteiger charge is 2.21. The van der Waals surface area contributed by atoms with Crippen molar-refractivity contribution in [3.8, 4) is 6.07 Å². The van der Waals surface area contributed by atoms with Crippen LogP contribution in [0.15, 0.2) is 34.1 Å². The topological polar surface area (TPSA) is 117 Å². The van der Waals surface area contributed by atoms with Gasteiger partial charge in [-0.05, 0) is 18.2 Å². The minimum absolute atomic E-state index is 0.148. The van der Waals surface area contributed by atoms with E-state index >= 15 is 0 Å². The fourth-order valence-corrected chi connectivity index (χ4v) is 2.84. The molecule has 9 nitrogen and oxygen atoms in total. The predicted molar refractivity (Wildman–Crippen MR) is 93.8 cm³/mol. The van der Waals surface area contributed by atoms with Crippen molar-refractivity contribution in [2.45, 2.75) is 6.54 Å². The van der Waals surface area contributed by atoms with E-state index in [2.05, 4.69) is 10.3 Å². The number of fused-ring (bicyclic) bond motifs is 1. The van der Waals surface area contributed by atoms with Gasteiger partial charge < -0.3 is 5.32 Å². The Morgan fingerprint density at radius 3 is 2.73 bits per heavy atom. The van der Waals surface area contributed by atoms with Crippen molar-refractivity contribution in [3.05, 3.63) is 56.0 Å².